The lowest BCUT2D eigenvalue weighted by Gasteiger charge is -2.26. The molecule has 0 radical (unpaired) electrons. The highest BCUT2D eigenvalue weighted by Crippen LogP contribution is 2.52. The molecule has 0 saturated heterocycles. The van der Waals surface area contributed by atoms with Gasteiger partial charge in [-0.2, -0.15) is 0 Å². The Hall–Kier alpha value is -4.42. The first-order valence-electron chi connectivity index (χ1n) is 20.2. The molecule has 2 atom stereocenters. The van der Waals surface area contributed by atoms with E-state index in [9.17, 15) is 0 Å². The van der Waals surface area contributed by atoms with Gasteiger partial charge in [0.2, 0.25) is 0 Å². The van der Waals surface area contributed by atoms with Gasteiger partial charge in [-0.25, -0.2) is 0 Å². The Kier molecular flexibility index (Phi) is 14.5. The smallest absolute Gasteiger partial charge is 0.295 e. The molecule has 0 aliphatic heterocycles. The van der Waals surface area contributed by atoms with E-state index in [-0.39, 0.29) is 0 Å². The molecule has 0 spiro atoms. The van der Waals surface area contributed by atoms with Crippen molar-refractivity contribution >= 4 is 16.5 Å². The summed E-state index contributed by atoms with van der Waals surface area (Å²) in [5.41, 5.74) is 11.2. The van der Waals surface area contributed by atoms with Crippen LogP contribution >= 0.6 is 16.5 Å². The third-order valence-corrected chi connectivity index (χ3v) is 13.5. The minimum Gasteiger partial charge on any atom is -0.473 e. The van der Waals surface area contributed by atoms with Crippen LogP contribution in [0.15, 0.2) is 146 Å². The maximum Gasteiger partial charge on any atom is 0.295 e. The fraction of sp³-hybridized carbons (Fsp3) is 0.294. The second-order valence-electron chi connectivity index (χ2n) is 15.8. The molecule has 6 rings (SSSR count). The second kappa shape index (κ2) is 19.6. The average molecular weight is 781 g/mol. The molecule has 6 aromatic rings. The molecule has 0 fully saturated rings. The lowest BCUT2D eigenvalue weighted by molar-refractivity contribution is 0.483. The zero-order valence-corrected chi connectivity index (χ0v) is 36.2. The molecule has 290 valence electrons. The average Bonchev–Trinajstić information content (AvgIpc) is 3.19. The van der Waals surface area contributed by atoms with E-state index in [4.69, 9.17) is 13.6 Å². The largest absolute Gasteiger partial charge is 0.473 e. The Morgan fingerprint density at radius 3 is 1.23 bits per heavy atom. The molecule has 0 amide bonds. The summed E-state index contributed by atoms with van der Waals surface area (Å²) in [7, 11) is -2.36. The number of rotatable bonds is 17. The summed E-state index contributed by atoms with van der Waals surface area (Å²) >= 11 is 0. The van der Waals surface area contributed by atoms with Gasteiger partial charge in [0.1, 0.15) is 17.2 Å². The van der Waals surface area contributed by atoms with E-state index >= 15 is 0 Å². The molecule has 0 aliphatic carbocycles. The van der Waals surface area contributed by atoms with E-state index in [1.165, 1.54) is 38.9 Å². The predicted molar refractivity (Wildman–Crippen MR) is 241 cm³/mol. The molecule has 5 heteroatoms. The quantitative estimate of drug-likeness (QED) is 0.0863. The number of para-hydroxylation sites is 3. The third kappa shape index (κ3) is 10.5. The standard InChI is InChI=1S/C51H58O3P2/c1-36(2)43-24-12-9-21-40(43)33-55(52-49-30-18-15-26-45(49)38(5)6)34-41-22-11-14-28-47(41)48-29-17-20-32-51(48)54-56(35-42-23-10-13-25-44(42)37(3)4)53-50-31-19-16-27-46(50)39(7)8/h9-32,36-39H,33-35H2,1-8H3. The molecule has 0 saturated carbocycles. The molecular weight excluding hydrogens is 723 g/mol. The van der Waals surface area contributed by atoms with Crippen LogP contribution in [0.3, 0.4) is 0 Å². The topological polar surface area (TPSA) is 27.7 Å². The number of hydrogen-bond acceptors (Lipinski definition) is 3. The summed E-state index contributed by atoms with van der Waals surface area (Å²) in [6, 6.07) is 51.8. The first kappa shape index (κ1) is 41.2. The lowest BCUT2D eigenvalue weighted by Crippen LogP contribution is -2.05. The van der Waals surface area contributed by atoms with Gasteiger partial charge in [-0.05, 0) is 86.4 Å². The molecule has 2 unspecified atom stereocenters. The first-order valence-corrected chi connectivity index (χ1v) is 23.1. The first-order chi connectivity index (χ1) is 27.1. The third-order valence-electron chi connectivity index (χ3n) is 10.3. The van der Waals surface area contributed by atoms with E-state index in [2.05, 4.69) is 201 Å². The van der Waals surface area contributed by atoms with Crippen molar-refractivity contribution in [2.45, 2.75) is 97.5 Å². The van der Waals surface area contributed by atoms with Crippen LogP contribution < -0.4 is 13.6 Å². The fourth-order valence-electron chi connectivity index (χ4n) is 7.34. The number of hydrogen-bond donors (Lipinski definition) is 0. The number of benzene rings is 6. The molecule has 0 bridgehead atoms. The Balaban J connectivity index is 1.38. The van der Waals surface area contributed by atoms with E-state index in [0.29, 0.717) is 29.8 Å². The normalized spacial score (nSPS) is 12.6. The molecule has 0 N–H and O–H groups in total. The van der Waals surface area contributed by atoms with Gasteiger partial charge >= 0.3 is 0 Å². The maximum absolute atomic E-state index is 7.15. The van der Waals surface area contributed by atoms with Crippen molar-refractivity contribution in [3.8, 4) is 28.4 Å². The monoisotopic (exact) mass is 780 g/mol. The zero-order chi connectivity index (χ0) is 39.6. The van der Waals surface area contributed by atoms with Crippen molar-refractivity contribution in [1.29, 1.82) is 0 Å². The molecule has 0 aromatic heterocycles. The van der Waals surface area contributed by atoms with Gasteiger partial charge in [0.15, 0.2) is 0 Å². The fourth-order valence-corrected chi connectivity index (χ4v) is 10.8. The van der Waals surface area contributed by atoms with Gasteiger partial charge < -0.3 is 13.6 Å². The Labute approximate surface area is 339 Å². The van der Waals surface area contributed by atoms with Crippen LogP contribution in [-0.2, 0) is 18.5 Å². The van der Waals surface area contributed by atoms with E-state index in [1.54, 1.807) is 0 Å². The molecule has 0 aliphatic rings. The molecule has 0 heterocycles. The summed E-state index contributed by atoms with van der Waals surface area (Å²) < 4.78 is 21.2. The summed E-state index contributed by atoms with van der Waals surface area (Å²) in [5, 5.41) is 0. The van der Waals surface area contributed by atoms with Gasteiger partial charge in [0.25, 0.3) is 8.38 Å². The highest BCUT2D eigenvalue weighted by molar-refractivity contribution is 7.51. The molecule has 3 nitrogen and oxygen atoms in total. The van der Waals surface area contributed by atoms with Crippen molar-refractivity contribution in [2.75, 3.05) is 0 Å². The second-order valence-corrected chi connectivity index (χ2v) is 18.9. The van der Waals surface area contributed by atoms with E-state index in [1.807, 2.05) is 0 Å². The van der Waals surface area contributed by atoms with Crippen molar-refractivity contribution in [1.82, 2.24) is 0 Å². The minimum atomic E-state index is -1.41. The molecular formula is C51H58O3P2. The van der Waals surface area contributed by atoms with Crippen LogP contribution in [0.5, 0.6) is 17.2 Å². The zero-order valence-electron chi connectivity index (χ0n) is 34.4. The SMILES string of the molecule is CC(C)c1ccccc1CP(Cc1ccccc1-c1ccccc1OP(Cc1ccccc1C(C)C)Oc1ccccc1C(C)C)Oc1ccccc1C(C)C. The van der Waals surface area contributed by atoms with Crippen LogP contribution in [0.1, 0.15) is 118 Å². The van der Waals surface area contributed by atoms with Gasteiger partial charge in [-0.3, -0.25) is 0 Å². The minimum absolute atomic E-state index is 0.322. The van der Waals surface area contributed by atoms with E-state index in [0.717, 1.165) is 40.7 Å². The maximum atomic E-state index is 7.15. The Bertz CT molecular complexity index is 1910. The van der Waals surface area contributed by atoms with Crippen LogP contribution in [0, 0.1) is 0 Å². The summed E-state index contributed by atoms with van der Waals surface area (Å²) in [6.07, 6.45) is 2.34. The van der Waals surface area contributed by atoms with Crippen LogP contribution in [0.2, 0.25) is 0 Å². The van der Waals surface area contributed by atoms with Gasteiger partial charge in [0.05, 0.1) is 14.3 Å². The van der Waals surface area contributed by atoms with Crippen molar-refractivity contribution in [3.05, 3.63) is 185 Å². The highest BCUT2D eigenvalue weighted by atomic mass is 31.2. The van der Waals surface area contributed by atoms with Crippen molar-refractivity contribution < 1.29 is 13.6 Å². The van der Waals surface area contributed by atoms with Crippen LogP contribution in [0.25, 0.3) is 11.1 Å². The Morgan fingerprint density at radius 2 is 0.696 bits per heavy atom. The summed E-state index contributed by atoms with van der Waals surface area (Å²) in [6.45, 7) is 18.0. The summed E-state index contributed by atoms with van der Waals surface area (Å²) in [4.78, 5) is 0. The highest BCUT2D eigenvalue weighted by Gasteiger charge is 2.25. The van der Waals surface area contributed by atoms with Crippen molar-refractivity contribution in [2.24, 2.45) is 0 Å². The Morgan fingerprint density at radius 1 is 0.339 bits per heavy atom. The van der Waals surface area contributed by atoms with Gasteiger partial charge in [-0.1, -0.05) is 183 Å². The lowest BCUT2D eigenvalue weighted by atomic mass is 9.98. The predicted octanol–water partition coefficient (Wildman–Crippen LogP) is 16.0. The van der Waals surface area contributed by atoms with Gasteiger partial charge in [-0.15, -0.1) is 0 Å². The van der Waals surface area contributed by atoms with E-state index < -0.39 is 16.5 Å². The molecule has 6 aromatic carbocycles. The summed E-state index contributed by atoms with van der Waals surface area (Å²) in [5.74, 6) is 4.21. The van der Waals surface area contributed by atoms with Crippen molar-refractivity contribution in [3.63, 3.8) is 0 Å². The van der Waals surface area contributed by atoms with Crippen LogP contribution in [-0.4, -0.2) is 0 Å². The van der Waals surface area contributed by atoms with Crippen LogP contribution in [0.4, 0.5) is 0 Å². The van der Waals surface area contributed by atoms with Gasteiger partial charge in [0, 0.05) is 17.9 Å². The molecule has 56 heavy (non-hydrogen) atoms.